The maximum atomic E-state index is 11.6. The van der Waals surface area contributed by atoms with Gasteiger partial charge in [0.1, 0.15) is 11.3 Å². The molecule has 7 heteroatoms. The minimum Gasteiger partial charge on any atom is -0.507 e. The molecule has 0 aromatic heterocycles. The van der Waals surface area contributed by atoms with E-state index in [1.165, 1.54) is 12.1 Å². The summed E-state index contributed by atoms with van der Waals surface area (Å²) in [5.74, 6) is -2.60. The molecule has 0 aliphatic carbocycles. The molecule has 0 aliphatic heterocycles. The molecule has 3 N–H and O–H groups in total. The standard InChI is InChI=1S/C13H15NO6/c1-2-20-12(17)6-5-11(16)14-8-3-4-10(15)9(7-8)13(18)19/h3-4,7,15H,2,5-6H2,1H3,(H,14,16)(H,18,19). The first kappa shape index (κ1) is 15.5. The molecule has 0 saturated carbocycles. The van der Waals surface area contributed by atoms with Crippen LogP contribution in [0, 0.1) is 0 Å². The number of hydrogen-bond acceptors (Lipinski definition) is 5. The smallest absolute Gasteiger partial charge is 0.339 e. The van der Waals surface area contributed by atoms with Crippen molar-refractivity contribution in [3.63, 3.8) is 0 Å². The fourth-order valence-electron chi connectivity index (χ4n) is 1.46. The Balaban J connectivity index is 2.60. The number of anilines is 1. The molecule has 108 valence electrons. The summed E-state index contributed by atoms with van der Waals surface area (Å²) < 4.78 is 4.68. The van der Waals surface area contributed by atoms with Crippen LogP contribution >= 0.6 is 0 Å². The summed E-state index contributed by atoms with van der Waals surface area (Å²) in [6, 6.07) is 3.67. The van der Waals surface area contributed by atoms with Crippen LogP contribution in [0.1, 0.15) is 30.1 Å². The summed E-state index contributed by atoms with van der Waals surface area (Å²) in [5, 5.41) is 20.6. The number of carbonyl (C=O) groups is 3. The Labute approximate surface area is 115 Å². The van der Waals surface area contributed by atoms with E-state index < -0.39 is 17.8 Å². The first-order valence-electron chi connectivity index (χ1n) is 5.95. The second-order valence-electron chi connectivity index (χ2n) is 3.89. The van der Waals surface area contributed by atoms with Crippen LogP contribution in [0.15, 0.2) is 18.2 Å². The third kappa shape index (κ3) is 4.60. The zero-order valence-electron chi connectivity index (χ0n) is 10.9. The Morgan fingerprint density at radius 2 is 1.95 bits per heavy atom. The molecular weight excluding hydrogens is 266 g/mol. The van der Waals surface area contributed by atoms with E-state index >= 15 is 0 Å². The molecule has 0 atom stereocenters. The summed E-state index contributed by atoms with van der Waals surface area (Å²) in [4.78, 5) is 33.4. The van der Waals surface area contributed by atoms with E-state index in [1.54, 1.807) is 6.92 Å². The predicted octanol–water partition coefficient (Wildman–Crippen LogP) is 1.37. The average Bonchev–Trinajstić information content (AvgIpc) is 2.39. The second-order valence-corrected chi connectivity index (χ2v) is 3.89. The van der Waals surface area contributed by atoms with Crippen molar-refractivity contribution in [2.45, 2.75) is 19.8 Å². The van der Waals surface area contributed by atoms with Crippen molar-refractivity contribution in [3.05, 3.63) is 23.8 Å². The SMILES string of the molecule is CCOC(=O)CCC(=O)Nc1ccc(O)c(C(=O)O)c1. The zero-order valence-corrected chi connectivity index (χ0v) is 10.9. The van der Waals surface area contributed by atoms with Gasteiger partial charge in [0.15, 0.2) is 0 Å². The van der Waals surface area contributed by atoms with E-state index in [2.05, 4.69) is 10.1 Å². The van der Waals surface area contributed by atoms with Gasteiger partial charge >= 0.3 is 11.9 Å². The summed E-state index contributed by atoms with van der Waals surface area (Å²) >= 11 is 0. The second kappa shape index (κ2) is 7.13. The van der Waals surface area contributed by atoms with Crippen LogP contribution in [0.2, 0.25) is 0 Å². The Kier molecular flexibility index (Phi) is 5.52. The Morgan fingerprint density at radius 3 is 2.55 bits per heavy atom. The normalized spacial score (nSPS) is 9.85. The van der Waals surface area contributed by atoms with Gasteiger partial charge in [0.2, 0.25) is 5.91 Å². The number of rotatable bonds is 6. The number of carboxylic acid groups (broad SMARTS) is 1. The van der Waals surface area contributed by atoms with Crippen LogP contribution in [0.5, 0.6) is 5.75 Å². The summed E-state index contributed by atoms with van der Waals surface area (Å²) in [6.07, 6.45) is -0.119. The van der Waals surface area contributed by atoms with Gasteiger partial charge in [-0.1, -0.05) is 0 Å². The van der Waals surface area contributed by atoms with E-state index in [0.717, 1.165) is 6.07 Å². The molecule has 1 amide bonds. The maximum Gasteiger partial charge on any atom is 0.339 e. The van der Waals surface area contributed by atoms with Gasteiger partial charge in [0, 0.05) is 12.1 Å². The van der Waals surface area contributed by atoms with E-state index in [4.69, 9.17) is 5.11 Å². The lowest BCUT2D eigenvalue weighted by Gasteiger charge is -2.07. The van der Waals surface area contributed by atoms with Gasteiger partial charge < -0.3 is 20.3 Å². The number of phenols is 1. The molecule has 0 aliphatic rings. The van der Waals surface area contributed by atoms with Gasteiger partial charge in [0.05, 0.1) is 13.0 Å². The number of hydrogen-bond donors (Lipinski definition) is 3. The van der Waals surface area contributed by atoms with Crippen LogP contribution in [0.3, 0.4) is 0 Å². The van der Waals surface area contributed by atoms with E-state index in [1.807, 2.05) is 0 Å². The third-order valence-electron chi connectivity index (χ3n) is 2.37. The molecule has 0 fully saturated rings. The molecule has 0 unspecified atom stereocenters. The van der Waals surface area contributed by atoms with Crippen molar-refractivity contribution < 1.29 is 29.3 Å². The van der Waals surface area contributed by atoms with Crippen molar-refractivity contribution in [2.24, 2.45) is 0 Å². The van der Waals surface area contributed by atoms with E-state index in [0.29, 0.717) is 0 Å². The molecule has 1 rings (SSSR count). The summed E-state index contributed by atoms with van der Waals surface area (Å²) in [6.45, 7) is 1.92. The fraction of sp³-hybridized carbons (Fsp3) is 0.308. The van der Waals surface area contributed by atoms with Gasteiger partial charge in [0.25, 0.3) is 0 Å². The number of carbonyl (C=O) groups excluding carboxylic acids is 2. The van der Waals surface area contributed by atoms with Crippen LogP contribution in [0.4, 0.5) is 5.69 Å². The Bertz CT molecular complexity index is 526. The molecular formula is C13H15NO6. The van der Waals surface area contributed by atoms with Crippen LogP contribution < -0.4 is 5.32 Å². The molecule has 0 bridgehead atoms. The van der Waals surface area contributed by atoms with Crippen molar-refractivity contribution in [1.82, 2.24) is 0 Å². The number of aromatic hydroxyl groups is 1. The quantitative estimate of drug-likeness (QED) is 0.536. The largest absolute Gasteiger partial charge is 0.507 e. The highest BCUT2D eigenvalue weighted by atomic mass is 16.5. The van der Waals surface area contributed by atoms with Crippen molar-refractivity contribution in [3.8, 4) is 5.75 Å². The minimum absolute atomic E-state index is 0.0520. The molecule has 0 heterocycles. The van der Waals surface area contributed by atoms with Crippen molar-refractivity contribution in [2.75, 3.05) is 11.9 Å². The number of aromatic carboxylic acids is 1. The molecule has 1 aromatic rings. The Morgan fingerprint density at radius 1 is 1.25 bits per heavy atom. The molecule has 0 saturated heterocycles. The van der Waals surface area contributed by atoms with E-state index in [-0.39, 0.29) is 36.4 Å². The van der Waals surface area contributed by atoms with Gasteiger partial charge in [-0.2, -0.15) is 0 Å². The van der Waals surface area contributed by atoms with Gasteiger partial charge in [-0.15, -0.1) is 0 Å². The topological polar surface area (TPSA) is 113 Å². The van der Waals surface area contributed by atoms with Crippen LogP contribution in [-0.2, 0) is 14.3 Å². The van der Waals surface area contributed by atoms with E-state index in [9.17, 15) is 19.5 Å². The fourth-order valence-corrected chi connectivity index (χ4v) is 1.46. The van der Waals surface area contributed by atoms with Crippen molar-refractivity contribution >= 4 is 23.5 Å². The Hall–Kier alpha value is -2.57. The van der Waals surface area contributed by atoms with Crippen LogP contribution in [0.25, 0.3) is 0 Å². The maximum absolute atomic E-state index is 11.6. The van der Waals surface area contributed by atoms with Gasteiger partial charge in [-0.25, -0.2) is 4.79 Å². The lowest BCUT2D eigenvalue weighted by atomic mass is 10.1. The average molecular weight is 281 g/mol. The summed E-state index contributed by atoms with van der Waals surface area (Å²) in [5.41, 5.74) is -0.0812. The monoisotopic (exact) mass is 281 g/mol. The van der Waals surface area contributed by atoms with Gasteiger partial charge in [-0.05, 0) is 25.1 Å². The number of nitrogens with one attached hydrogen (secondary N) is 1. The third-order valence-corrected chi connectivity index (χ3v) is 2.37. The highest BCUT2D eigenvalue weighted by Gasteiger charge is 2.12. The molecule has 0 radical (unpaired) electrons. The zero-order chi connectivity index (χ0) is 15.1. The number of carboxylic acids is 1. The lowest BCUT2D eigenvalue weighted by molar-refractivity contribution is -0.144. The lowest BCUT2D eigenvalue weighted by Crippen LogP contribution is -2.15. The minimum atomic E-state index is -1.30. The van der Waals surface area contributed by atoms with Crippen molar-refractivity contribution in [1.29, 1.82) is 0 Å². The van der Waals surface area contributed by atoms with Crippen LogP contribution in [-0.4, -0.2) is 34.7 Å². The number of amides is 1. The molecule has 7 nitrogen and oxygen atoms in total. The summed E-state index contributed by atoms with van der Waals surface area (Å²) in [7, 11) is 0. The van der Waals surface area contributed by atoms with Gasteiger partial charge in [-0.3, -0.25) is 9.59 Å². The highest BCUT2D eigenvalue weighted by Crippen LogP contribution is 2.21. The highest BCUT2D eigenvalue weighted by molar-refractivity contribution is 5.96. The number of esters is 1. The predicted molar refractivity (Wildman–Crippen MR) is 69.6 cm³/mol. The molecule has 0 spiro atoms. The molecule has 1 aromatic carbocycles. The number of ether oxygens (including phenoxy) is 1. The first-order chi connectivity index (χ1) is 9.43. The number of benzene rings is 1. The molecule has 20 heavy (non-hydrogen) atoms. The first-order valence-corrected chi connectivity index (χ1v) is 5.95.